The number of aromatic hydroxyl groups is 1. The first-order chi connectivity index (χ1) is 13.6. The number of phenolic OH excluding ortho intramolecular Hbond substituents is 1. The number of nitrogens with zero attached hydrogens (tertiary/aromatic N) is 2. The zero-order valence-corrected chi connectivity index (χ0v) is 19.0. The molecule has 3 rings (SSSR count). The standard InChI is InChI=1S/C23H29N3O3.ClH/c1-14-6-7-16-12-26(22(24)20(16)25-14)13-19(27)17-10-15(8-9-29-5)21(28)18(11-17)23(2,3)4;/h6-7,10-11,24,28H,8-9,12-13H2,1-5H3;1H. The summed E-state index contributed by atoms with van der Waals surface area (Å²) >= 11 is 0. The van der Waals surface area contributed by atoms with Crippen molar-refractivity contribution in [3.8, 4) is 5.75 Å². The summed E-state index contributed by atoms with van der Waals surface area (Å²) in [6.07, 6.45) is 0.528. The molecule has 0 amide bonds. The van der Waals surface area contributed by atoms with E-state index in [1.165, 1.54) is 0 Å². The summed E-state index contributed by atoms with van der Waals surface area (Å²) in [5, 5.41) is 19.1. The van der Waals surface area contributed by atoms with Gasteiger partial charge in [0.25, 0.3) is 0 Å². The van der Waals surface area contributed by atoms with Gasteiger partial charge in [-0.1, -0.05) is 26.8 Å². The molecule has 0 unspecified atom stereocenters. The van der Waals surface area contributed by atoms with Gasteiger partial charge in [0.15, 0.2) is 5.78 Å². The summed E-state index contributed by atoms with van der Waals surface area (Å²) in [7, 11) is 1.61. The number of phenols is 1. The highest BCUT2D eigenvalue weighted by Crippen LogP contribution is 2.35. The zero-order valence-electron chi connectivity index (χ0n) is 18.2. The summed E-state index contributed by atoms with van der Waals surface area (Å²) < 4.78 is 5.15. The summed E-state index contributed by atoms with van der Waals surface area (Å²) in [6.45, 7) is 9.01. The van der Waals surface area contributed by atoms with E-state index in [0.717, 1.165) is 16.8 Å². The lowest BCUT2D eigenvalue weighted by atomic mass is 9.83. The topological polar surface area (TPSA) is 86.5 Å². The quantitative estimate of drug-likeness (QED) is 0.674. The number of methoxy groups -OCH3 is 1. The molecule has 1 aromatic carbocycles. The van der Waals surface area contributed by atoms with Crippen molar-refractivity contribution in [3.63, 3.8) is 0 Å². The number of fused-ring (bicyclic) bond motifs is 1. The number of ketones is 1. The molecule has 2 aromatic rings. The van der Waals surface area contributed by atoms with E-state index in [2.05, 4.69) is 4.98 Å². The van der Waals surface area contributed by atoms with Crippen molar-refractivity contribution in [2.45, 2.75) is 46.1 Å². The molecule has 0 saturated carbocycles. The van der Waals surface area contributed by atoms with Gasteiger partial charge >= 0.3 is 0 Å². The van der Waals surface area contributed by atoms with Crippen molar-refractivity contribution in [1.82, 2.24) is 9.88 Å². The van der Waals surface area contributed by atoms with E-state index in [-0.39, 0.29) is 41.7 Å². The van der Waals surface area contributed by atoms with Crippen LogP contribution in [0.15, 0.2) is 24.3 Å². The Morgan fingerprint density at radius 2 is 2.00 bits per heavy atom. The van der Waals surface area contributed by atoms with Crippen LogP contribution in [0, 0.1) is 12.3 Å². The molecule has 0 atom stereocenters. The molecule has 1 aliphatic rings. The van der Waals surface area contributed by atoms with Crippen LogP contribution in [0.25, 0.3) is 0 Å². The molecule has 1 aliphatic heterocycles. The first-order valence-corrected chi connectivity index (χ1v) is 9.80. The Balaban J connectivity index is 0.00000320. The molecule has 0 bridgehead atoms. The molecular formula is C23H30ClN3O3. The van der Waals surface area contributed by atoms with Crippen molar-refractivity contribution in [3.05, 3.63) is 57.9 Å². The third-order valence-electron chi connectivity index (χ3n) is 5.25. The highest BCUT2D eigenvalue weighted by molar-refractivity contribution is 6.04. The van der Waals surface area contributed by atoms with Crippen molar-refractivity contribution >= 4 is 24.0 Å². The molecule has 30 heavy (non-hydrogen) atoms. The second-order valence-corrected chi connectivity index (χ2v) is 8.61. The predicted octanol–water partition coefficient (Wildman–Crippen LogP) is 4.03. The Morgan fingerprint density at radius 1 is 1.30 bits per heavy atom. The molecule has 162 valence electrons. The van der Waals surface area contributed by atoms with Crippen LogP contribution in [0.4, 0.5) is 0 Å². The third kappa shape index (κ3) is 4.82. The lowest BCUT2D eigenvalue weighted by Crippen LogP contribution is -2.30. The van der Waals surface area contributed by atoms with Gasteiger partial charge in [0.1, 0.15) is 17.3 Å². The fraction of sp³-hybridized carbons (Fsp3) is 0.435. The van der Waals surface area contributed by atoms with Crippen molar-refractivity contribution in [1.29, 1.82) is 5.41 Å². The third-order valence-corrected chi connectivity index (χ3v) is 5.25. The summed E-state index contributed by atoms with van der Waals surface area (Å²) in [5.41, 5.74) is 4.17. The second kappa shape index (κ2) is 9.14. The van der Waals surface area contributed by atoms with Gasteiger partial charge in [-0.05, 0) is 42.5 Å². The molecule has 0 aliphatic carbocycles. The Bertz CT molecular complexity index is 967. The van der Waals surface area contributed by atoms with E-state index in [1.54, 1.807) is 24.1 Å². The van der Waals surface area contributed by atoms with Gasteiger partial charge in [0.05, 0.1) is 13.2 Å². The number of Topliss-reactive ketones (excluding diaryl/α,β-unsaturated/α-hetero) is 1. The second-order valence-electron chi connectivity index (χ2n) is 8.61. The van der Waals surface area contributed by atoms with Crippen LogP contribution in [0.5, 0.6) is 5.75 Å². The van der Waals surface area contributed by atoms with Gasteiger partial charge in [-0.2, -0.15) is 0 Å². The fourth-order valence-electron chi connectivity index (χ4n) is 3.58. The van der Waals surface area contributed by atoms with Gasteiger partial charge in [-0.3, -0.25) is 10.2 Å². The van der Waals surface area contributed by atoms with Crippen LogP contribution in [0.1, 0.15) is 59.2 Å². The van der Waals surface area contributed by atoms with Gasteiger partial charge in [0.2, 0.25) is 0 Å². The number of amidine groups is 1. The van der Waals surface area contributed by atoms with Crippen molar-refractivity contribution < 1.29 is 14.6 Å². The van der Waals surface area contributed by atoms with Crippen LogP contribution in [0.3, 0.4) is 0 Å². The summed E-state index contributed by atoms with van der Waals surface area (Å²) in [5.74, 6) is 0.432. The Hall–Kier alpha value is -2.44. The molecule has 2 heterocycles. The Morgan fingerprint density at radius 3 is 2.63 bits per heavy atom. The highest BCUT2D eigenvalue weighted by atomic mass is 35.5. The van der Waals surface area contributed by atoms with E-state index in [0.29, 0.717) is 36.4 Å². The fourth-order valence-corrected chi connectivity index (χ4v) is 3.58. The van der Waals surface area contributed by atoms with Gasteiger partial charge in [0, 0.05) is 36.0 Å². The molecule has 0 fully saturated rings. The number of hydrogen-bond acceptors (Lipinski definition) is 5. The first kappa shape index (κ1) is 23.8. The molecular weight excluding hydrogens is 402 g/mol. The van der Waals surface area contributed by atoms with Gasteiger partial charge < -0.3 is 14.7 Å². The minimum atomic E-state index is -0.305. The van der Waals surface area contributed by atoms with Crippen LogP contribution < -0.4 is 0 Å². The monoisotopic (exact) mass is 431 g/mol. The molecule has 0 spiro atoms. The van der Waals surface area contributed by atoms with Gasteiger partial charge in [-0.25, -0.2) is 4.98 Å². The maximum Gasteiger partial charge on any atom is 0.182 e. The average Bonchev–Trinajstić information content (AvgIpc) is 2.95. The van der Waals surface area contributed by atoms with Crippen molar-refractivity contribution in [2.24, 2.45) is 0 Å². The minimum Gasteiger partial charge on any atom is -0.507 e. The summed E-state index contributed by atoms with van der Waals surface area (Å²) in [4.78, 5) is 19.3. The number of nitrogens with one attached hydrogen (secondary N) is 1. The number of pyridine rings is 1. The lowest BCUT2D eigenvalue weighted by Gasteiger charge is -2.24. The number of hydrogen-bond donors (Lipinski definition) is 2. The van der Waals surface area contributed by atoms with E-state index < -0.39 is 0 Å². The minimum absolute atomic E-state index is 0. The van der Waals surface area contributed by atoms with Crippen LogP contribution >= 0.6 is 12.4 Å². The smallest absolute Gasteiger partial charge is 0.182 e. The molecule has 1 aromatic heterocycles. The maximum absolute atomic E-state index is 13.1. The number of halogens is 1. The summed E-state index contributed by atoms with van der Waals surface area (Å²) in [6, 6.07) is 7.43. The highest BCUT2D eigenvalue weighted by Gasteiger charge is 2.29. The molecule has 6 nitrogen and oxygen atoms in total. The number of rotatable bonds is 6. The largest absolute Gasteiger partial charge is 0.507 e. The number of aromatic nitrogens is 1. The van der Waals surface area contributed by atoms with Crippen LogP contribution in [-0.4, -0.2) is 46.9 Å². The van der Waals surface area contributed by atoms with Crippen molar-refractivity contribution in [2.75, 3.05) is 20.3 Å². The lowest BCUT2D eigenvalue weighted by molar-refractivity contribution is 0.0962. The molecule has 0 saturated heterocycles. The maximum atomic E-state index is 13.1. The number of carbonyl (C=O) groups is 1. The number of ether oxygens (including phenoxy) is 1. The number of carbonyl (C=O) groups excluding carboxylic acids is 1. The van der Waals surface area contributed by atoms with Crippen LogP contribution in [-0.2, 0) is 23.1 Å². The predicted molar refractivity (Wildman–Crippen MR) is 120 cm³/mol. The molecule has 7 heteroatoms. The Labute approximate surface area is 184 Å². The van der Waals surface area contributed by atoms with E-state index in [9.17, 15) is 9.90 Å². The Kier molecular flexibility index (Phi) is 7.27. The SMILES string of the molecule is COCCc1cc(C(=O)CN2Cc3ccc(C)nc3C2=N)cc(C(C)(C)C)c1O.Cl. The molecule has 2 N–H and O–H groups in total. The zero-order chi connectivity index (χ0) is 21.3. The first-order valence-electron chi connectivity index (χ1n) is 9.80. The van der Waals surface area contributed by atoms with E-state index in [1.807, 2.05) is 39.8 Å². The van der Waals surface area contributed by atoms with Crippen LogP contribution in [0.2, 0.25) is 0 Å². The van der Waals surface area contributed by atoms with Gasteiger partial charge in [-0.15, -0.1) is 12.4 Å². The number of aryl methyl sites for hydroxylation is 1. The number of benzene rings is 1. The average molecular weight is 432 g/mol. The van der Waals surface area contributed by atoms with E-state index >= 15 is 0 Å². The normalized spacial score (nSPS) is 13.2. The van der Waals surface area contributed by atoms with E-state index in [4.69, 9.17) is 10.1 Å². The molecule has 0 radical (unpaired) electrons.